The highest BCUT2D eigenvalue weighted by atomic mass is 35.5. The number of aliphatic imine (C=N–C) groups is 1. The van der Waals surface area contributed by atoms with Crippen LogP contribution in [0.2, 0.25) is 5.02 Å². The van der Waals surface area contributed by atoms with Gasteiger partial charge in [0.25, 0.3) is 0 Å². The van der Waals surface area contributed by atoms with Crippen LogP contribution < -0.4 is 15.0 Å². The molecule has 9 heteroatoms. The first kappa shape index (κ1) is 26.2. The second-order valence-corrected chi connectivity index (χ2v) is 11.4. The van der Waals surface area contributed by atoms with Gasteiger partial charge in [-0.05, 0) is 44.3 Å². The lowest BCUT2D eigenvalue weighted by molar-refractivity contribution is 0.231. The molecule has 1 N–H and O–H groups in total. The Morgan fingerprint density at radius 3 is 2.64 bits per heavy atom. The number of alkyl halides is 1. The van der Waals surface area contributed by atoms with Gasteiger partial charge in [-0.1, -0.05) is 48.5 Å². The predicted octanol–water partition coefficient (Wildman–Crippen LogP) is 5.11. The number of anilines is 1. The molecule has 0 amide bonds. The van der Waals surface area contributed by atoms with Crippen LogP contribution in [0, 0.1) is 5.92 Å². The summed E-state index contributed by atoms with van der Waals surface area (Å²) < 4.78 is 20.6. The molecular formula is C30H34ClFN6O. The van der Waals surface area contributed by atoms with Crippen LogP contribution in [-0.2, 0) is 6.67 Å². The summed E-state index contributed by atoms with van der Waals surface area (Å²) in [5.74, 6) is 1.09. The van der Waals surface area contributed by atoms with Gasteiger partial charge in [0.05, 0.1) is 23.6 Å². The molecule has 3 unspecified atom stereocenters. The smallest absolute Gasteiger partial charge is 0.318 e. The minimum absolute atomic E-state index is 0.231. The van der Waals surface area contributed by atoms with Gasteiger partial charge in [-0.15, -0.1) is 0 Å². The Hall–Kier alpha value is -3.07. The van der Waals surface area contributed by atoms with E-state index in [2.05, 4.69) is 33.7 Å². The molecule has 3 aliphatic rings. The molecule has 2 aromatic carbocycles. The maximum absolute atomic E-state index is 14.5. The van der Waals surface area contributed by atoms with E-state index in [1.165, 1.54) is 0 Å². The van der Waals surface area contributed by atoms with Gasteiger partial charge in [-0.2, -0.15) is 9.97 Å². The number of nitrogens with zero attached hydrogens (tertiary/aromatic N) is 5. The molecule has 1 aromatic heterocycles. The Morgan fingerprint density at radius 1 is 1.15 bits per heavy atom. The van der Waals surface area contributed by atoms with Crippen molar-refractivity contribution in [2.45, 2.75) is 38.0 Å². The highest BCUT2D eigenvalue weighted by Crippen LogP contribution is 2.33. The number of likely N-dealkylation sites (tertiary alicyclic amines) is 1. The fourth-order valence-electron chi connectivity index (χ4n) is 6.09. The van der Waals surface area contributed by atoms with E-state index in [9.17, 15) is 4.39 Å². The van der Waals surface area contributed by atoms with Gasteiger partial charge in [0.1, 0.15) is 12.5 Å². The summed E-state index contributed by atoms with van der Waals surface area (Å²) in [6.07, 6.45) is 4.99. The molecule has 0 radical (unpaired) electrons. The number of nitrogens with one attached hydrogen (secondary N) is 1. The lowest BCUT2D eigenvalue weighted by Crippen LogP contribution is -2.51. The number of hydrogen-bond acceptors (Lipinski definition) is 7. The molecule has 4 heterocycles. The van der Waals surface area contributed by atoms with Crippen LogP contribution in [0.25, 0.3) is 16.5 Å². The van der Waals surface area contributed by atoms with Crippen LogP contribution in [0.4, 0.5) is 10.2 Å². The van der Waals surface area contributed by atoms with Crippen molar-refractivity contribution in [3.05, 3.63) is 64.8 Å². The van der Waals surface area contributed by atoms with Gasteiger partial charge in [-0.25, -0.2) is 4.39 Å². The number of fused-ring (bicyclic) bond motifs is 3. The second-order valence-electron chi connectivity index (χ2n) is 10.9. The van der Waals surface area contributed by atoms with Crippen molar-refractivity contribution in [1.29, 1.82) is 0 Å². The van der Waals surface area contributed by atoms with Gasteiger partial charge < -0.3 is 19.9 Å². The molecule has 2 bridgehead atoms. The fourth-order valence-corrected chi connectivity index (χ4v) is 6.38. The van der Waals surface area contributed by atoms with Crippen LogP contribution in [-0.4, -0.2) is 73.0 Å². The molecule has 3 aromatic rings. The Labute approximate surface area is 233 Å². The van der Waals surface area contributed by atoms with E-state index in [0.29, 0.717) is 46.7 Å². The molecule has 3 aliphatic heterocycles. The molecule has 3 fully saturated rings. The molecule has 3 saturated heterocycles. The predicted molar refractivity (Wildman–Crippen MR) is 156 cm³/mol. The van der Waals surface area contributed by atoms with E-state index in [1.807, 2.05) is 36.4 Å². The lowest BCUT2D eigenvalue weighted by atomic mass is 10.0. The Bertz CT molecular complexity index is 1400. The molecule has 7 nitrogen and oxygen atoms in total. The minimum Gasteiger partial charge on any atom is -0.463 e. The van der Waals surface area contributed by atoms with Crippen molar-refractivity contribution in [3.63, 3.8) is 0 Å². The summed E-state index contributed by atoms with van der Waals surface area (Å²) in [7, 11) is 2.11. The van der Waals surface area contributed by atoms with Crippen molar-refractivity contribution in [1.82, 2.24) is 20.2 Å². The van der Waals surface area contributed by atoms with Crippen molar-refractivity contribution in [3.8, 4) is 6.01 Å². The quantitative estimate of drug-likeness (QED) is 0.394. The molecule has 0 saturated carbocycles. The third kappa shape index (κ3) is 5.51. The highest BCUT2D eigenvalue weighted by Gasteiger charge is 2.34. The molecule has 3 atom stereocenters. The van der Waals surface area contributed by atoms with E-state index < -0.39 is 6.67 Å². The molecule has 0 spiro atoms. The Kier molecular flexibility index (Phi) is 7.51. The third-order valence-corrected chi connectivity index (χ3v) is 8.39. The summed E-state index contributed by atoms with van der Waals surface area (Å²) in [6, 6.07) is 12.7. The van der Waals surface area contributed by atoms with Crippen molar-refractivity contribution >= 4 is 40.1 Å². The van der Waals surface area contributed by atoms with Crippen LogP contribution in [0.3, 0.4) is 0 Å². The second kappa shape index (κ2) is 11.2. The van der Waals surface area contributed by atoms with Crippen LogP contribution >= 0.6 is 11.6 Å². The average Bonchev–Trinajstić information content (AvgIpc) is 3.53. The third-order valence-electron chi connectivity index (χ3n) is 8.08. The SMILES string of the molecule is C=C(N=Cc1c(CF)nc(OCC2CCN(C)C2)nc1N1CC2CCC(C1)N2)c1cccc2cccc(Cl)c12. The summed E-state index contributed by atoms with van der Waals surface area (Å²) in [5, 5.41) is 6.20. The number of benzene rings is 2. The van der Waals surface area contributed by atoms with Gasteiger partial charge in [0.2, 0.25) is 0 Å². The number of hydrogen-bond donors (Lipinski definition) is 1. The molecule has 39 heavy (non-hydrogen) atoms. The maximum atomic E-state index is 14.5. The number of rotatable bonds is 8. The molecule has 204 valence electrons. The van der Waals surface area contributed by atoms with Crippen LogP contribution in [0.5, 0.6) is 6.01 Å². The topological polar surface area (TPSA) is 65.9 Å². The summed E-state index contributed by atoms with van der Waals surface area (Å²) in [6.45, 7) is 7.63. The molecule has 6 rings (SSSR count). The largest absolute Gasteiger partial charge is 0.463 e. The number of aromatic nitrogens is 2. The van der Waals surface area contributed by atoms with Gasteiger partial charge in [-0.3, -0.25) is 4.99 Å². The average molecular weight is 549 g/mol. The lowest BCUT2D eigenvalue weighted by Gasteiger charge is -2.34. The monoisotopic (exact) mass is 548 g/mol. The van der Waals surface area contributed by atoms with Crippen molar-refractivity contribution in [2.24, 2.45) is 10.9 Å². The molecule has 0 aliphatic carbocycles. The van der Waals surface area contributed by atoms with Crippen LogP contribution in [0.1, 0.15) is 36.1 Å². The van der Waals surface area contributed by atoms with Gasteiger partial charge in [0, 0.05) is 59.8 Å². The van der Waals surface area contributed by atoms with E-state index in [0.717, 1.165) is 61.8 Å². The van der Waals surface area contributed by atoms with Crippen molar-refractivity contribution < 1.29 is 9.13 Å². The minimum atomic E-state index is -0.745. The number of ether oxygens (including phenoxy) is 1. The van der Waals surface area contributed by atoms with E-state index in [-0.39, 0.29) is 11.7 Å². The normalized spacial score (nSPS) is 23.3. The first-order valence-corrected chi connectivity index (χ1v) is 14.1. The standard InChI is InChI=1S/C30H34ClFN6O/c1-19(24-7-3-5-21-6-4-8-26(31)28(21)24)33-14-25-27(13-32)35-30(39-18-20-11-12-37(2)15-20)36-29(25)38-16-22-9-10-23(17-38)34-22/h3-8,14,20,22-23,34H,1,9-13,15-18H2,2H3. The van der Waals surface area contributed by atoms with Gasteiger partial charge >= 0.3 is 6.01 Å². The van der Waals surface area contributed by atoms with E-state index in [4.69, 9.17) is 26.3 Å². The number of piperazine rings is 1. The van der Waals surface area contributed by atoms with Gasteiger partial charge in [0.15, 0.2) is 0 Å². The maximum Gasteiger partial charge on any atom is 0.318 e. The summed E-state index contributed by atoms with van der Waals surface area (Å²) in [4.78, 5) is 18.6. The first-order valence-electron chi connectivity index (χ1n) is 13.7. The first-order chi connectivity index (χ1) is 19.0. The zero-order valence-corrected chi connectivity index (χ0v) is 23.0. The van der Waals surface area contributed by atoms with E-state index in [1.54, 1.807) is 6.21 Å². The highest BCUT2D eigenvalue weighted by molar-refractivity contribution is 6.36. The fraction of sp³-hybridized carbons (Fsp3) is 0.433. The van der Waals surface area contributed by atoms with E-state index >= 15 is 0 Å². The Morgan fingerprint density at radius 2 is 1.92 bits per heavy atom. The summed E-state index contributed by atoms with van der Waals surface area (Å²) >= 11 is 6.54. The number of halogens is 2. The van der Waals surface area contributed by atoms with Crippen molar-refractivity contribution in [2.75, 3.05) is 44.7 Å². The Balaban J connectivity index is 1.34. The summed E-state index contributed by atoms with van der Waals surface area (Å²) in [5.41, 5.74) is 2.21. The molecular weight excluding hydrogens is 515 g/mol. The zero-order valence-electron chi connectivity index (χ0n) is 22.2. The zero-order chi connectivity index (χ0) is 26.9. The van der Waals surface area contributed by atoms with Crippen LogP contribution in [0.15, 0.2) is 48.0 Å².